The Morgan fingerprint density at radius 2 is 1.86 bits per heavy atom. The average molecular weight is 383 g/mol. The molecule has 1 aliphatic heterocycles. The molecule has 2 heterocycles. The van der Waals surface area contributed by atoms with Gasteiger partial charge in [0.2, 0.25) is 0 Å². The van der Waals surface area contributed by atoms with Crippen molar-refractivity contribution in [2.45, 2.75) is 32.1 Å². The third-order valence-electron chi connectivity index (χ3n) is 6.40. The molecule has 2 atom stereocenters. The Hall–Kier alpha value is -2.70. The molecule has 1 saturated carbocycles. The summed E-state index contributed by atoms with van der Waals surface area (Å²) in [6, 6.07) is 6.10. The molecule has 2 aliphatic carbocycles. The molecule has 3 aliphatic rings. The molecule has 1 aromatic heterocycles. The lowest BCUT2D eigenvalue weighted by Gasteiger charge is -2.15. The van der Waals surface area contributed by atoms with Gasteiger partial charge in [0.25, 0.3) is 5.91 Å². The Labute approximate surface area is 162 Å². The van der Waals surface area contributed by atoms with E-state index in [2.05, 4.69) is 5.10 Å². The molecular weight excluding hydrogens is 361 g/mol. The number of likely N-dealkylation sites (tertiary alicyclic amines) is 1. The second-order valence-corrected chi connectivity index (χ2v) is 8.17. The molecule has 1 aromatic carbocycles. The van der Waals surface area contributed by atoms with Crippen molar-refractivity contribution >= 4 is 11.9 Å². The quantitative estimate of drug-likeness (QED) is 0.881. The molecule has 2 aromatic rings. The third-order valence-corrected chi connectivity index (χ3v) is 6.40. The minimum absolute atomic E-state index is 0.0497. The fourth-order valence-electron chi connectivity index (χ4n) is 4.81. The number of hydrogen-bond acceptors (Lipinski definition) is 3. The zero-order chi connectivity index (χ0) is 19.4. The van der Waals surface area contributed by atoms with Crippen LogP contribution in [0.1, 0.15) is 41.0 Å². The van der Waals surface area contributed by atoms with Gasteiger partial charge in [0, 0.05) is 24.3 Å². The largest absolute Gasteiger partial charge is 0.481 e. The van der Waals surface area contributed by atoms with Crippen LogP contribution in [0, 0.1) is 23.6 Å². The molecular formula is C21H22FN3O3. The molecule has 6 nitrogen and oxygen atoms in total. The lowest BCUT2D eigenvalue weighted by atomic mass is 9.92. The smallest absolute Gasteiger partial charge is 0.308 e. The van der Waals surface area contributed by atoms with Crippen LogP contribution in [0.3, 0.4) is 0 Å². The zero-order valence-corrected chi connectivity index (χ0v) is 15.5. The number of carboxylic acids is 1. The molecule has 1 N–H and O–H groups in total. The van der Waals surface area contributed by atoms with Gasteiger partial charge in [0.1, 0.15) is 5.82 Å². The zero-order valence-electron chi connectivity index (χ0n) is 15.5. The molecule has 28 heavy (non-hydrogen) atoms. The summed E-state index contributed by atoms with van der Waals surface area (Å²) in [6.07, 6.45) is 4.70. The van der Waals surface area contributed by atoms with Crippen LogP contribution >= 0.6 is 0 Å². The van der Waals surface area contributed by atoms with E-state index >= 15 is 0 Å². The summed E-state index contributed by atoms with van der Waals surface area (Å²) in [4.78, 5) is 26.6. The second kappa shape index (κ2) is 6.43. The Morgan fingerprint density at radius 1 is 1.11 bits per heavy atom. The third kappa shape index (κ3) is 2.80. The average Bonchev–Trinajstić information content (AvgIpc) is 3.11. The van der Waals surface area contributed by atoms with Gasteiger partial charge in [-0.05, 0) is 68.2 Å². The summed E-state index contributed by atoms with van der Waals surface area (Å²) in [5.41, 5.74) is 3.12. The molecule has 5 rings (SSSR count). The monoisotopic (exact) mass is 383 g/mol. The van der Waals surface area contributed by atoms with E-state index in [4.69, 9.17) is 0 Å². The highest BCUT2D eigenvalue weighted by Crippen LogP contribution is 2.44. The number of nitrogens with zero attached hydrogens (tertiary/aromatic N) is 3. The van der Waals surface area contributed by atoms with Crippen LogP contribution in [0.25, 0.3) is 5.69 Å². The number of aliphatic carboxylic acids is 1. The number of carboxylic acid groups (broad SMARTS) is 1. The lowest BCUT2D eigenvalue weighted by molar-refractivity contribution is -0.142. The molecule has 1 saturated heterocycles. The maximum atomic E-state index is 13.3. The van der Waals surface area contributed by atoms with Crippen LogP contribution in [0.15, 0.2) is 24.3 Å². The van der Waals surface area contributed by atoms with Crippen molar-refractivity contribution in [2.24, 2.45) is 17.8 Å². The summed E-state index contributed by atoms with van der Waals surface area (Å²) < 4.78 is 15.0. The summed E-state index contributed by atoms with van der Waals surface area (Å²) in [7, 11) is 0. The number of carbonyl (C=O) groups excluding carboxylic acids is 1. The van der Waals surface area contributed by atoms with Crippen LogP contribution in [0.5, 0.6) is 0 Å². The van der Waals surface area contributed by atoms with Crippen LogP contribution < -0.4 is 0 Å². The topological polar surface area (TPSA) is 75.4 Å². The van der Waals surface area contributed by atoms with Gasteiger partial charge in [-0.1, -0.05) is 0 Å². The maximum Gasteiger partial charge on any atom is 0.308 e. The summed E-state index contributed by atoms with van der Waals surface area (Å²) in [6.45, 7) is 0.756. The van der Waals surface area contributed by atoms with Gasteiger partial charge in [-0.3, -0.25) is 9.59 Å². The summed E-state index contributed by atoms with van der Waals surface area (Å²) in [5.74, 6) is -1.30. The van der Waals surface area contributed by atoms with Crippen LogP contribution in [0.2, 0.25) is 0 Å². The number of aromatic nitrogens is 2. The number of halogens is 1. The first-order valence-corrected chi connectivity index (χ1v) is 9.91. The van der Waals surface area contributed by atoms with E-state index in [1.165, 1.54) is 12.1 Å². The Balaban J connectivity index is 1.46. The Bertz CT molecular complexity index is 949. The Kier molecular flexibility index (Phi) is 4.00. The van der Waals surface area contributed by atoms with E-state index < -0.39 is 11.9 Å². The van der Waals surface area contributed by atoms with Gasteiger partial charge in [-0.25, -0.2) is 9.07 Å². The van der Waals surface area contributed by atoms with E-state index in [-0.39, 0.29) is 24.2 Å². The number of benzene rings is 1. The van der Waals surface area contributed by atoms with E-state index in [0.29, 0.717) is 18.2 Å². The van der Waals surface area contributed by atoms with Crippen LogP contribution in [0.4, 0.5) is 4.39 Å². The van der Waals surface area contributed by atoms with E-state index in [1.807, 2.05) is 0 Å². The van der Waals surface area contributed by atoms with Crippen molar-refractivity contribution in [3.05, 3.63) is 47.0 Å². The molecule has 0 unspecified atom stereocenters. The fraction of sp³-hybridized carbons (Fsp3) is 0.476. The van der Waals surface area contributed by atoms with Crippen molar-refractivity contribution < 1.29 is 19.1 Å². The normalized spacial score (nSPS) is 23.8. The van der Waals surface area contributed by atoms with Gasteiger partial charge < -0.3 is 10.0 Å². The van der Waals surface area contributed by atoms with Gasteiger partial charge in [0.05, 0.1) is 11.6 Å². The van der Waals surface area contributed by atoms with Crippen molar-refractivity contribution in [3.63, 3.8) is 0 Å². The first-order valence-electron chi connectivity index (χ1n) is 9.91. The standard InChI is InChI=1S/C21H22FN3O3/c22-13-6-8-14(9-7-13)25-18-3-1-2-15(18)19(23-25)20(26)24-10-16(12-4-5-12)17(11-24)21(27)28/h6-9,12,16-17H,1-5,10-11H2,(H,27,28)/t16-,17+/m1/s1. The number of amides is 1. The van der Waals surface area contributed by atoms with Gasteiger partial charge in [-0.15, -0.1) is 0 Å². The highest BCUT2D eigenvalue weighted by molar-refractivity contribution is 5.95. The van der Waals surface area contributed by atoms with Gasteiger partial charge >= 0.3 is 5.97 Å². The minimum atomic E-state index is -0.811. The molecule has 2 fully saturated rings. The SMILES string of the molecule is O=C(O)[C@H]1CN(C(=O)c2nn(-c3ccc(F)cc3)c3c2CCC3)C[C@@H]1C1CC1. The first kappa shape index (κ1) is 17.4. The fourth-order valence-corrected chi connectivity index (χ4v) is 4.81. The van der Waals surface area contributed by atoms with Gasteiger partial charge in [-0.2, -0.15) is 5.10 Å². The van der Waals surface area contributed by atoms with Crippen LogP contribution in [-0.4, -0.2) is 44.8 Å². The van der Waals surface area contributed by atoms with E-state index in [0.717, 1.165) is 49.0 Å². The first-order chi connectivity index (χ1) is 13.5. The number of hydrogen-bond donors (Lipinski definition) is 1. The summed E-state index contributed by atoms with van der Waals surface area (Å²) in [5, 5.41) is 14.2. The van der Waals surface area contributed by atoms with Crippen molar-refractivity contribution in [2.75, 3.05) is 13.1 Å². The van der Waals surface area contributed by atoms with Crippen molar-refractivity contribution in [3.8, 4) is 5.69 Å². The number of rotatable bonds is 4. The predicted octanol–water partition coefficient (Wildman–Crippen LogP) is 2.68. The lowest BCUT2D eigenvalue weighted by Crippen LogP contribution is -2.31. The minimum Gasteiger partial charge on any atom is -0.481 e. The molecule has 7 heteroatoms. The van der Waals surface area contributed by atoms with Crippen molar-refractivity contribution in [1.82, 2.24) is 14.7 Å². The summed E-state index contributed by atoms with van der Waals surface area (Å²) >= 11 is 0. The van der Waals surface area contributed by atoms with Gasteiger partial charge in [0.15, 0.2) is 5.69 Å². The molecule has 0 spiro atoms. The Morgan fingerprint density at radius 3 is 2.54 bits per heavy atom. The molecule has 146 valence electrons. The highest BCUT2D eigenvalue weighted by atomic mass is 19.1. The molecule has 0 bridgehead atoms. The van der Waals surface area contributed by atoms with E-state index in [1.54, 1.807) is 21.7 Å². The molecule has 1 amide bonds. The highest BCUT2D eigenvalue weighted by Gasteiger charge is 2.47. The number of fused-ring (bicyclic) bond motifs is 1. The predicted molar refractivity (Wildman–Crippen MR) is 98.8 cm³/mol. The van der Waals surface area contributed by atoms with E-state index in [9.17, 15) is 19.1 Å². The van der Waals surface area contributed by atoms with Crippen LogP contribution in [-0.2, 0) is 17.6 Å². The second-order valence-electron chi connectivity index (χ2n) is 8.17. The molecule has 0 radical (unpaired) electrons. The number of carbonyl (C=O) groups is 2. The van der Waals surface area contributed by atoms with Crippen molar-refractivity contribution in [1.29, 1.82) is 0 Å². The maximum absolute atomic E-state index is 13.3.